The van der Waals surface area contributed by atoms with Gasteiger partial charge in [-0.25, -0.2) is 0 Å². The number of nitrogens with one attached hydrogen (secondary N) is 1. The average molecular weight is 221 g/mol. The monoisotopic (exact) mass is 221 g/mol. The zero-order chi connectivity index (χ0) is 12.0. The molecule has 0 heterocycles. The van der Waals surface area contributed by atoms with Crippen LogP contribution in [0.4, 0.5) is 0 Å². The molecule has 1 N–H and O–H groups in total. The zero-order valence-corrected chi connectivity index (χ0v) is 10.8. The van der Waals surface area contributed by atoms with Gasteiger partial charge >= 0.3 is 0 Å². The lowest BCUT2D eigenvalue weighted by atomic mass is 9.96. The standard InChI is InChI=1S/C14H23NO/c1-5-11(2)12-6-8-13(9-7-12)14(16-4)10-15-3/h6-9,11,14-15H,5,10H2,1-4H3. The van der Waals surface area contributed by atoms with E-state index < -0.39 is 0 Å². The maximum Gasteiger partial charge on any atom is 0.0945 e. The van der Waals surface area contributed by atoms with Crippen LogP contribution in [0.25, 0.3) is 0 Å². The van der Waals surface area contributed by atoms with Gasteiger partial charge in [0, 0.05) is 13.7 Å². The first kappa shape index (κ1) is 13.2. The third kappa shape index (κ3) is 3.32. The van der Waals surface area contributed by atoms with Crippen molar-refractivity contribution in [2.75, 3.05) is 20.7 Å². The van der Waals surface area contributed by atoms with E-state index in [-0.39, 0.29) is 6.10 Å². The van der Waals surface area contributed by atoms with Crippen molar-refractivity contribution in [2.45, 2.75) is 32.3 Å². The van der Waals surface area contributed by atoms with Crippen LogP contribution in [0.5, 0.6) is 0 Å². The number of hydrogen-bond acceptors (Lipinski definition) is 2. The first-order chi connectivity index (χ1) is 7.72. The smallest absolute Gasteiger partial charge is 0.0945 e. The minimum absolute atomic E-state index is 0.149. The molecule has 0 saturated heterocycles. The third-order valence-electron chi connectivity index (χ3n) is 3.16. The number of hydrogen-bond donors (Lipinski definition) is 1. The molecule has 2 nitrogen and oxygen atoms in total. The predicted molar refractivity (Wildman–Crippen MR) is 68.8 cm³/mol. The molecule has 0 aliphatic carbocycles. The summed E-state index contributed by atoms with van der Waals surface area (Å²) in [5, 5.41) is 3.14. The normalized spacial score (nSPS) is 14.8. The molecule has 2 unspecified atom stereocenters. The van der Waals surface area contributed by atoms with E-state index >= 15 is 0 Å². The number of benzene rings is 1. The molecule has 0 bridgehead atoms. The van der Waals surface area contributed by atoms with Crippen molar-refractivity contribution in [3.8, 4) is 0 Å². The molecule has 1 aromatic rings. The van der Waals surface area contributed by atoms with Gasteiger partial charge in [0.05, 0.1) is 6.10 Å². The number of methoxy groups -OCH3 is 1. The average Bonchev–Trinajstić information content (AvgIpc) is 2.35. The Morgan fingerprint density at radius 2 is 1.75 bits per heavy atom. The maximum atomic E-state index is 5.44. The van der Waals surface area contributed by atoms with Crippen molar-refractivity contribution >= 4 is 0 Å². The highest BCUT2D eigenvalue weighted by molar-refractivity contribution is 5.26. The summed E-state index contributed by atoms with van der Waals surface area (Å²) < 4.78 is 5.44. The fourth-order valence-corrected chi connectivity index (χ4v) is 1.80. The van der Waals surface area contributed by atoms with E-state index in [0.717, 1.165) is 6.54 Å². The van der Waals surface area contributed by atoms with Gasteiger partial charge in [-0.15, -0.1) is 0 Å². The van der Waals surface area contributed by atoms with Crippen LogP contribution in [0, 0.1) is 0 Å². The fourth-order valence-electron chi connectivity index (χ4n) is 1.80. The minimum atomic E-state index is 0.149. The van der Waals surface area contributed by atoms with Crippen molar-refractivity contribution in [3.63, 3.8) is 0 Å². The Balaban J connectivity index is 2.76. The number of rotatable bonds is 6. The SMILES string of the molecule is CCC(C)c1ccc(C(CNC)OC)cc1. The third-order valence-corrected chi connectivity index (χ3v) is 3.16. The fraction of sp³-hybridized carbons (Fsp3) is 0.571. The number of ether oxygens (including phenoxy) is 1. The number of likely N-dealkylation sites (N-methyl/N-ethyl adjacent to an activating group) is 1. The summed E-state index contributed by atoms with van der Waals surface area (Å²) in [6.07, 6.45) is 1.33. The molecule has 0 aromatic heterocycles. The second-order valence-electron chi connectivity index (χ2n) is 4.26. The van der Waals surface area contributed by atoms with Gasteiger partial charge in [0.25, 0.3) is 0 Å². The van der Waals surface area contributed by atoms with Gasteiger partial charge in [0.2, 0.25) is 0 Å². The highest BCUT2D eigenvalue weighted by atomic mass is 16.5. The van der Waals surface area contributed by atoms with Gasteiger partial charge in [-0.2, -0.15) is 0 Å². The topological polar surface area (TPSA) is 21.3 Å². The molecule has 0 amide bonds. The van der Waals surface area contributed by atoms with Crippen molar-refractivity contribution in [1.29, 1.82) is 0 Å². The molecule has 0 saturated carbocycles. The van der Waals surface area contributed by atoms with Crippen molar-refractivity contribution in [1.82, 2.24) is 5.32 Å². The Kier molecular flexibility index (Phi) is 5.50. The van der Waals surface area contributed by atoms with Crippen LogP contribution in [0.1, 0.15) is 43.4 Å². The second kappa shape index (κ2) is 6.66. The van der Waals surface area contributed by atoms with Gasteiger partial charge in [0.15, 0.2) is 0 Å². The molecule has 2 atom stereocenters. The van der Waals surface area contributed by atoms with E-state index in [0.29, 0.717) is 5.92 Å². The van der Waals surface area contributed by atoms with Crippen LogP contribution < -0.4 is 5.32 Å². The lowest BCUT2D eigenvalue weighted by Gasteiger charge is -2.16. The quantitative estimate of drug-likeness (QED) is 0.797. The predicted octanol–water partition coefficient (Wildman–Crippen LogP) is 3.11. The van der Waals surface area contributed by atoms with Gasteiger partial charge in [-0.3, -0.25) is 0 Å². The van der Waals surface area contributed by atoms with Crippen LogP contribution >= 0.6 is 0 Å². The summed E-state index contributed by atoms with van der Waals surface area (Å²) in [5.41, 5.74) is 2.65. The van der Waals surface area contributed by atoms with E-state index in [1.165, 1.54) is 17.5 Å². The zero-order valence-electron chi connectivity index (χ0n) is 10.8. The van der Waals surface area contributed by atoms with Crippen LogP contribution in [0.2, 0.25) is 0 Å². The molecule has 2 heteroatoms. The lowest BCUT2D eigenvalue weighted by molar-refractivity contribution is 0.104. The molecule has 0 aliphatic rings. The van der Waals surface area contributed by atoms with E-state index in [1.54, 1.807) is 7.11 Å². The van der Waals surface area contributed by atoms with Crippen LogP contribution in [0.3, 0.4) is 0 Å². The summed E-state index contributed by atoms with van der Waals surface area (Å²) >= 11 is 0. The first-order valence-corrected chi connectivity index (χ1v) is 6.00. The lowest BCUT2D eigenvalue weighted by Crippen LogP contribution is -2.18. The minimum Gasteiger partial charge on any atom is -0.375 e. The Morgan fingerprint density at radius 1 is 1.19 bits per heavy atom. The maximum absolute atomic E-state index is 5.44. The molecule has 0 spiro atoms. The molecule has 0 fully saturated rings. The summed E-state index contributed by atoms with van der Waals surface area (Å²) in [4.78, 5) is 0. The van der Waals surface area contributed by atoms with E-state index in [2.05, 4.69) is 43.4 Å². The Bertz CT molecular complexity index is 294. The van der Waals surface area contributed by atoms with E-state index in [1.807, 2.05) is 7.05 Å². The van der Waals surface area contributed by atoms with E-state index in [9.17, 15) is 0 Å². The van der Waals surface area contributed by atoms with Gasteiger partial charge in [-0.05, 0) is 30.5 Å². The molecule has 0 aliphatic heterocycles. The first-order valence-electron chi connectivity index (χ1n) is 6.00. The van der Waals surface area contributed by atoms with Gasteiger partial charge in [-0.1, -0.05) is 38.1 Å². The largest absolute Gasteiger partial charge is 0.375 e. The molecular formula is C14H23NO. The molecule has 0 radical (unpaired) electrons. The van der Waals surface area contributed by atoms with Crippen LogP contribution in [0.15, 0.2) is 24.3 Å². The van der Waals surface area contributed by atoms with Crippen molar-refractivity contribution in [2.24, 2.45) is 0 Å². The summed E-state index contributed by atoms with van der Waals surface area (Å²) in [7, 11) is 3.70. The summed E-state index contributed by atoms with van der Waals surface area (Å²) in [5.74, 6) is 0.638. The molecule has 90 valence electrons. The summed E-state index contributed by atoms with van der Waals surface area (Å²) in [6, 6.07) is 8.77. The van der Waals surface area contributed by atoms with Crippen molar-refractivity contribution in [3.05, 3.63) is 35.4 Å². The Morgan fingerprint density at radius 3 is 2.19 bits per heavy atom. The molecule has 1 aromatic carbocycles. The molecular weight excluding hydrogens is 198 g/mol. The Labute approximate surface area is 99.0 Å². The van der Waals surface area contributed by atoms with Gasteiger partial charge in [0.1, 0.15) is 0 Å². The second-order valence-corrected chi connectivity index (χ2v) is 4.26. The van der Waals surface area contributed by atoms with Crippen molar-refractivity contribution < 1.29 is 4.74 Å². The molecule has 1 rings (SSSR count). The highest BCUT2D eigenvalue weighted by Gasteiger charge is 2.09. The van der Waals surface area contributed by atoms with Crippen LogP contribution in [-0.4, -0.2) is 20.7 Å². The van der Waals surface area contributed by atoms with Crippen LogP contribution in [-0.2, 0) is 4.74 Å². The highest BCUT2D eigenvalue weighted by Crippen LogP contribution is 2.22. The van der Waals surface area contributed by atoms with Gasteiger partial charge < -0.3 is 10.1 Å². The van der Waals surface area contributed by atoms with E-state index in [4.69, 9.17) is 4.74 Å². The molecule has 16 heavy (non-hydrogen) atoms. The summed E-state index contributed by atoms with van der Waals surface area (Å²) in [6.45, 7) is 5.33. The Hall–Kier alpha value is -0.860.